The van der Waals surface area contributed by atoms with Crippen LogP contribution in [0.2, 0.25) is 0 Å². The number of nitrogens with zero attached hydrogens (tertiary/aromatic N) is 4. The van der Waals surface area contributed by atoms with Crippen molar-refractivity contribution < 1.29 is 0 Å². The predicted molar refractivity (Wildman–Crippen MR) is 56.4 cm³/mol. The zero-order chi connectivity index (χ0) is 10.7. The maximum Gasteiger partial charge on any atom is 0.183 e. The normalized spacial score (nSPS) is 21.1. The fraction of sp³-hybridized carbons (Fsp3) is 0.500. The van der Waals surface area contributed by atoms with Gasteiger partial charge in [0.15, 0.2) is 11.5 Å². The van der Waals surface area contributed by atoms with Gasteiger partial charge in [-0.3, -0.25) is 0 Å². The quantitative estimate of drug-likeness (QED) is 0.703. The van der Waals surface area contributed by atoms with Crippen molar-refractivity contribution in [1.82, 2.24) is 15.3 Å². The highest BCUT2D eigenvalue weighted by atomic mass is 15.3. The third kappa shape index (κ3) is 1.90. The molecule has 0 radical (unpaired) electrons. The monoisotopic (exact) mass is 203 g/mol. The smallest absolute Gasteiger partial charge is 0.183 e. The first-order chi connectivity index (χ1) is 7.33. The Balaban J connectivity index is 2.31. The van der Waals surface area contributed by atoms with Crippen LogP contribution in [-0.4, -0.2) is 35.6 Å². The molecular formula is C10H13N5. The molecule has 5 heteroatoms. The minimum absolute atomic E-state index is 0.350. The number of nitriles is 1. The Labute approximate surface area is 88.8 Å². The molecule has 1 atom stereocenters. The summed E-state index contributed by atoms with van der Waals surface area (Å²) in [6.45, 7) is 4.82. The molecule has 0 amide bonds. The molecule has 1 fully saturated rings. The highest BCUT2D eigenvalue weighted by Crippen LogP contribution is 2.17. The third-order valence-electron chi connectivity index (χ3n) is 2.56. The van der Waals surface area contributed by atoms with Gasteiger partial charge in [-0.25, -0.2) is 9.97 Å². The molecule has 2 heterocycles. The average Bonchev–Trinajstić information content (AvgIpc) is 2.30. The summed E-state index contributed by atoms with van der Waals surface area (Å²) in [5.41, 5.74) is 0.409. The first-order valence-corrected chi connectivity index (χ1v) is 5.01. The van der Waals surface area contributed by atoms with Gasteiger partial charge in [0.05, 0.1) is 0 Å². The molecule has 1 aliphatic rings. The van der Waals surface area contributed by atoms with Crippen molar-refractivity contribution in [3.63, 3.8) is 0 Å². The Kier molecular flexibility index (Phi) is 2.79. The largest absolute Gasteiger partial charge is 0.349 e. The summed E-state index contributed by atoms with van der Waals surface area (Å²) >= 11 is 0. The highest BCUT2D eigenvalue weighted by Gasteiger charge is 2.21. The van der Waals surface area contributed by atoms with E-state index in [1.54, 1.807) is 12.4 Å². The highest BCUT2D eigenvalue weighted by molar-refractivity contribution is 5.50. The van der Waals surface area contributed by atoms with Crippen molar-refractivity contribution in [3.8, 4) is 6.07 Å². The summed E-state index contributed by atoms with van der Waals surface area (Å²) in [4.78, 5) is 10.4. The zero-order valence-electron chi connectivity index (χ0n) is 8.64. The summed E-state index contributed by atoms with van der Waals surface area (Å²) in [6, 6.07) is 2.43. The second-order valence-electron chi connectivity index (χ2n) is 3.59. The molecule has 0 aliphatic carbocycles. The second-order valence-corrected chi connectivity index (χ2v) is 3.59. The van der Waals surface area contributed by atoms with Gasteiger partial charge in [0, 0.05) is 38.1 Å². The summed E-state index contributed by atoms with van der Waals surface area (Å²) in [6.07, 6.45) is 3.18. The number of piperazine rings is 1. The van der Waals surface area contributed by atoms with Crippen LogP contribution in [-0.2, 0) is 0 Å². The lowest BCUT2D eigenvalue weighted by atomic mass is 10.2. The van der Waals surface area contributed by atoms with Crippen LogP contribution in [0.15, 0.2) is 12.4 Å². The maximum atomic E-state index is 8.94. The lowest BCUT2D eigenvalue weighted by molar-refractivity contribution is 0.496. The van der Waals surface area contributed by atoms with E-state index in [9.17, 15) is 0 Å². The molecule has 1 N–H and O–H groups in total. The summed E-state index contributed by atoms with van der Waals surface area (Å²) in [7, 11) is 0. The number of anilines is 1. The molecule has 0 spiro atoms. The molecule has 1 saturated heterocycles. The van der Waals surface area contributed by atoms with Gasteiger partial charge in [-0.2, -0.15) is 5.26 Å². The first-order valence-electron chi connectivity index (χ1n) is 5.01. The SMILES string of the molecule is C[C@H]1CNCCN1c1nccnc1C#N. The summed E-state index contributed by atoms with van der Waals surface area (Å²) in [5, 5.41) is 12.2. The molecule has 2 rings (SSSR count). The lowest BCUT2D eigenvalue weighted by Gasteiger charge is -2.34. The molecule has 0 aromatic carbocycles. The van der Waals surface area contributed by atoms with Crippen molar-refractivity contribution in [3.05, 3.63) is 18.1 Å². The Morgan fingerprint density at radius 3 is 3.07 bits per heavy atom. The molecule has 0 bridgehead atoms. The van der Waals surface area contributed by atoms with Gasteiger partial charge < -0.3 is 10.2 Å². The van der Waals surface area contributed by atoms with Crippen molar-refractivity contribution in [2.75, 3.05) is 24.5 Å². The molecule has 78 valence electrons. The number of rotatable bonds is 1. The van der Waals surface area contributed by atoms with E-state index < -0.39 is 0 Å². The van der Waals surface area contributed by atoms with Gasteiger partial charge in [0.2, 0.25) is 0 Å². The number of hydrogen-bond acceptors (Lipinski definition) is 5. The zero-order valence-corrected chi connectivity index (χ0v) is 8.64. The van der Waals surface area contributed by atoms with E-state index in [1.807, 2.05) is 0 Å². The summed E-state index contributed by atoms with van der Waals surface area (Å²) in [5.74, 6) is 0.703. The first kappa shape index (κ1) is 9.87. The number of nitrogens with one attached hydrogen (secondary N) is 1. The van der Waals surface area contributed by atoms with E-state index in [1.165, 1.54) is 0 Å². The van der Waals surface area contributed by atoms with Crippen LogP contribution >= 0.6 is 0 Å². The van der Waals surface area contributed by atoms with E-state index >= 15 is 0 Å². The van der Waals surface area contributed by atoms with Crippen molar-refractivity contribution in [1.29, 1.82) is 5.26 Å². The fourth-order valence-electron chi connectivity index (χ4n) is 1.78. The molecule has 15 heavy (non-hydrogen) atoms. The van der Waals surface area contributed by atoms with Crippen LogP contribution in [0, 0.1) is 11.3 Å². The van der Waals surface area contributed by atoms with Crippen LogP contribution in [0.25, 0.3) is 0 Å². The maximum absolute atomic E-state index is 8.94. The Hall–Kier alpha value is -1.67. The van der Waals surface area contributed by atoms with Gasteiger partial charge in [-0.15, -0.1) is 0 Å². The summed E-state index contributed by atoms with van der Waals surface area (Å²) < 4.78 is 0. The Bertz CT molecular complexity index is 384. The Morgan fingerprint density at radius 1 is 1.53 bits per heavy atom. The van der Waals surface area contributed by atoms with E-state index in [0.717, 1.165) is 19.6 Å². The molecule has 0 saturated carbocycles. The molecular weight excluding hydrogens is 190 g/mol. The van der Waals surface area contributed by atoms with Gasteiger partial charge in [-0.1, -0.05) is 0 Å². The third-order valence-corrected chi connectivity index (χ3v) is 2.56. The van der Waals surface area contributed by atoms with E-state index in [0.29, 0.717) is 17.6 Å². The Morgan fingerprint density at radius 2 is 2.33 bits per heavy atom. The molecule has 0 unspecified atom stereocenters. The minimum atomic E-state index is 0.350. The van der Waals surface area contributed by atoms with Gasteiger partial charge in [0.25, 0.3) is 0 Å². The van der Waals surface area contributed by atoms with Gasteiger partial charge >= 0.3 is 0 Å². The van der Waals surface area contributed by atoms with Crippen LogP contribution < -0.4 is 10.2 Å². The topological polar surface area (TPSA) is 64.8 Å². The van der Waals surface area contributed by atoms with E-state index in [-0.39, 0.29) is 0 Å². The fourth-order valence-corrected chi connectivity index (χ4v) is 1.78. The molecule has 5 nitrogen and oxygen atoms in total. The predicted octanol–water partition coefficient (Wildman–Crippen LogP) is 0.146. The van der Waals surface area contributed by atoms with E-state index in [4.69, 9.17) is 5.26 Å². The van der Waals surface area contributed by atoms with Gasteiger partial charge in [-0.05, 0) is 6.92 Å². The van der Waals surface area contributed by atoms with Crippen LogP contribution in [0.1, 0.15) is 12.6 Å². The van der Waals surface area contributed by atoms with Crippen molar-refractivity contribution in [2.45, 2.75) is 13.0 Å². The number of hydrogen-bond donors (Lipinski definition) is 1. The minimum Gasteiger partial charge on any atom is -0.349 e. The van der Waals surface area contributed by atoms with Gasteiger partial charge in [0.1, 0.15) is 6.07 Å². The lowest BCUT2D eigenvalue weighted by Crippen LogP contribution is -2.50. The number of aromatic nitrogens is 2. The molecule has 1 aromatic rings. The second kappa shape index (κ2) is 4.24. The van der Waals surface area contributed by atoms with Crippen LogP contribution in [0.3, 0.4) is 0 Å². The van der Waals surface area contributed by atoms with E-state index in [2.05, 4.69) is 33.2 Å². The standard InChI is InChI=1S/C10H13N5/c1-8-7-12-4-5-15(8)10-9(6-11)13-2-3-14-10/h2-3,8,12H,4-5,7H2,1H3/t8-/m0/s1. The van der Waals surface area contributed by atoms with Crippen LogP contribution in [0.4, 0.5) is 5.82 Å². The van der Waals surface area contributed by atoms with Crippen LogP contribution in [0.5, 0.6) is 0 Å². The van der Waals surface area contributed by atoms with Crippen molar-refractivity contribution >= 4 is 5.82 Å². The molecule has 1 aliphatic heterocycles. The average molecular weight is 203 g/mol. The molecule has 1 aromatic heterocycles. The van der Waals surface area contributed by atoms with Crippen molar-refractivity contribution in [2.24, 2.45) is 0 Å².